The fourth-order valence-electron chi connectivity index (χ4n) is 1.70. The van der Waals surface area contributed by atoms with Crippen LogP contribution in [0, 0.1) is 5.92 Å². The van der Waals surface area contributed by atoms with Crippen molar-refractivity contribution in [3.8, 4) is 0 Å². The van der Waals surface area contributed by atoms with E-state index in [1.54, 1.807) is 0 Å². The summed E-state index contributed by atoms with van der Waals surface area (Å²) in [6.07, 6.45) is 9.20. The lowest BCUT2D eigenvalue weighted by Crippen LogP contribution is -2.28. The highest BCUT2D eigenvalue weighted by molar-refractivity contribution is 5.72. The van der Waals surface area contributed by atoms with Crippen LogP contribution in [0.3, 0.4) is 0 Å². The molecule has 0 aromatic carbocycles. The predicted octanol–water partition coefficient (Wildman–Crippen LogP) is 4.49. The first kappa shape index (κ1) is 16.2. The minimum Gasteiger partial charge on any atom is -0.460 e. The van der Waals surface area contributed by atoms with E-state index in [0.29, 0.717) is 0 Å². The molecule has 0 heterocycles. The van der Waals surface area contributed by atoms with Crippen LogP contribution in [0.2, 0.25) is 0 Å². The summed E-state index contributed by atoms with van der Waals surface area (Å²) >= 11 is 0. The van der Waals surface area contributed by atoms with Crippen molar-refractivity contribution in [3.63, 3.8) is 0 Å². The monoisotopic (exact) mass is 240 g/mol. The van der Waals surface area contributed by atoms with Crippen molar-refractivity contribution < 1.29 is 9.53 Å². The van der Waals surface area contributed by atoms with E-state index in [0.717, 1.165) is 32.1 Å². The molecule has 0 rings (SSSR count). The van der Waals surface area contributed by atoms with Gasteiger partial charge in [0.1, 0.15) is 5.60 Å². The van der Waals surface area contributed by atoms with E-state index < -0.39 is 0 Å². The molecule has 0 aliphatic rings. The molecule has 0 amide bonds. The van der Waals surface area contributed by atoms with Crippen LogP contribution in [0.5, 0.6) is 0 Å². The molecular formula is C15H28O2. The van der Waals surface area contributed by atoms with Crippen molar-refractivity contribution in [1.82, 2.24) is 0 Å². The Balaban J connectivity index is 4.21. The lowest BCUT2D eigenvalue weighted by Gasteiger charge is -2.23. The fraction of sp³-hybridized carbons (Fsp3) is 0.800. The standard InChI is InChI=1S/C15H28O2/c1-6-8-9-10-12-13(11-7-2)14(16)17-15(3,4)5/h8-9,13H,6-7,10-12H2,1-5H3. The van der Waals surface area contributed by atoms with Crippen LogP contribution in [-0.2, 0) is 9.53 Å². The molecule has 100 valence electrons. The van der Waals surface area contributed by atoms with Gasteiger partial charge in [-0.2, -0.15) is 0 Å². The number of allylic oxidation sites excluding steroid dienone is 2. The highest BCUT2D eigenvalue weighted by Gasteiger charge is 2.23. The SMILES string of the molecule is CCC=CCCC(CCC)C(=O)OC(C)(C)C. The Morgan fingerprint density at radius 2 is 1.82 bits per heavy atom. The largest absolute Gasteiger partial charge is 0.460 e. The van der Waals surface area contributed by atoms with Gasteiger partial charge in [0, 0.05) is 0 Å². The van der Waals surface area contributed by atoms with Gasteiger partial charge in [-0.3, -0.25) is 4.79 Å². The van der Waals surface area contributed by atoms with E-state index in [4.69, 9.17) is 4.74 Å². The highest BCUT2D eigenvalue weighted by atomic mass is 16.6. The zero-order chi connectivity index (χ0) is 13.3. The molecule has 0 N–H and O–H groups in total. The Morgan fingerprint density at radius 3 is 2.29 bits per heavy atom. The molecule has 0 saturated heterocycles. The fourth-order valence-corrected chi connectivity index (χ4v) is 1.70. The van der Waals surface area contributed by atoms with Crippen LogP contribution < -0.4 is 0 Å². The zero-order valence-electron chi connectivity index (χ0n) is 12.1. The number of carbonyl (C=O) groups excluding carboxylic acids is 1. The van der Waals surface area contributed by atoms with Crippen molar-refractivity contribution in [2.45, 2.75) is 72.3 Å². The number of hydrogen-bond acceptors (Lipinski definition) is 2. The van der Waals surface area contributed by atoms with Crippen LogP contribution in [0.15, 0.2) is 12.2 Å². The second-order valence-electron chi connectivity index (χ2n) is 5.48. The van der Waals surface area contributed by atoms with Gasteiger partial charge in [0.25, 0.3) is 0 Å². The van der Waals surface area contributed by atoms with Crippen molar-refractivity contribution in [1.29, 1.82) is 0 Å². The molecule has 1 unspecified atom stereocenters. The molecule has 0 aromatic heterocycles. The average molecular weight is 240 g/mol. The highest BCUT2D eigenvalue weighted by Crippen LogP contribution is 2.19. The second-order valence-corrected chi connectivity index (χ2v) is 5.48. The van der Waals surface area contributed by atoms with Crippen LogP contribution in [0.4, 0.5) is 0 Å². The second kappa shape index (κ2) is 8.32. The van der Waals surface area contributed by atoms with Crippen LogP contribution in [-0.4, -0.2) is 11.6 Å². The van der Waals surface area contributed by atoms with Gasteiger partial charge < -0.3 is 4.74 Å². The van der Waals surface area contributed by atoms with Crippen LogP contribution >= 0.6 is 0 Å². The Bertz CT molecular complexity index is 236. The quantitative estimate of drug-likeness (QED) is 0.484. The van der Waals surface area contributed by atoms with E-state index in [1.165, 1.54) is 0 Å². The molecule has 1 atom stereocenters. The molecule has 0 bridgehead atoms. The summed E-state index contributed by atoms with van der Waals surface area (Å²) in [7, 11) is 0. The molecule has 17 heavy (non-hydrogen) atoms. The topological polar surface area (TPSA) is 26.3 Å². The van der Waals surface area contributed by atoms with Gasteiger partial charge in [0.05, 0.1) is 5.92 Å². The van der Waals surface area contributed by atoms with E-state index >= 15 is 0 Å². The summed E-state index contributed by atoms with van der Waals surface area (Å²) < 4.78 is 5.45. The number of esters is 1. The normalized spacial score (nSPS) is 13.9. The maximum atomic E-state index is 12.0. The van der Waals surface area contributed by atoms with E-state index in [-0.39, 0.29) is 17.5 Å². The lowest BCUT2D eigenvalue weighted by atomic mass is 9.97. The van der Waals surface area contributed by atoms with E-state index in [2.05, 4.69) is 26.0 Å². The van der Waals surface area contributed by atoms with Crippen molar-refractivity contribution in [3.05, 3.63) is 12.2 Å². The minimum absolute atomic E-state index is 0.0377. The van der Waals surface area contributed by atoms with Gasteiger partial charge in [-0.1, -0.05) is 32.4 Å². The molecule has 2 heteroatoms. The van der Waals surface area contributed by atoms with Gasteiger partial charge in [0.15, 0.2) is 0 Å². The van der Waals surface area contributed by atoms with Crippen LogP contribution in [0.25, 0.3) is 0 Å². The number of rotatable bonds is 7. The maximum Gasteiger partial charge on any atom is 0.309 e. The van der Waals surface area contributed by atoms with Crippen LogP contribution in [0.1, 0.15) is 66.7 Å². The Morgan fingerprint density at radius 1 is 1.18 bits per heavy atom. The molecular weight excluding hydrogens is 212 g/mol. The first-order valence-corrected chi connectivity index (χ1v) is 6.78. The molecule has 0 aliphatic carbocycles. The van der Waals surface area contributed by atoms with E-state index in [1.807, 2.05) is 20.8 Å². The van der Waals surface area contributed by atoms with Crippen molar-refractivity contribution >= 4 is 5.97 Å². The Hall–Kier alpha value is -0.790. The van der Waals surface area contributed by atoms with Gasteiger partial charge in [-0.15, -0.1) is 0 Å². The van der Waals surface area contributed by atoms with Crippen molar-refractivity contribution in [2.24, 2.45) is 5.92 Å². The Labute approximate surface area is 106 Å². The number of hydrogen-bond donors (Lipinski definition) is 0. The van der Waals surface area contributed by atoms with Gasteiger partial charge >= 0.3 is 5.97 Å². The number of carbonyl (C=O) groups is 1. The molecule has 0 radical (unpaired) electrons. The third-order valence-corrected chi connectivity index (χ3v) is 2.46. The minimum atomic E-state index is -0.373. The van der Waals surface area contributed by atoms with E-state index in [9.17, 15) is 4.79 Å². The molecule has 0 aliphatic heterocycles. The summed E-state index contributed by atoms with van der Waals surface area (Å²) in [6, 6.07) is 0. The summed E-state index contributed by atoms with van der Waals surface area (Å²) in [4.78, 5) is 12.0. The summed E-state index contributed by atoms with van der Waals surface area (Å²) in [5.41, 5.74) is -0.373. The van der Waals surface area contributed by atoms with Crippen molar-refractivity contribution in [2.75, 3.05) is 0 Å². The summed E-state index contributed by atoms with van der Waals surface area (Å²) in [5.74, 6) is 0.0185. The third kappa shape index (κ3) is 8.96. The maximum absolute atomic E-state index is 12.0. The zero-order valence-corrected chi connectivity index (χ0v) is 12.1. The third-order valence-electron chi connectivity index (χ3n) is 2.46. The molecule has 0 aromatic rings. The average Bonchev–Trinajstić information content (AvgIpc) is 2.20. The lowest BCUT2D eigenvalue weighted by molar-refractivity contribution is -0.160. The molecule has 0 saturated carbocycles. The molecule has 0 spiro atoms. The smallest absolute Gasteiger partial charge is 0.309 e. The first-order valence-electron chi connectivity index (χ1n) is 6.78. The molecule has 0 fully saturated rings. The van der Waals surface area contributed by atoms with Gasteiger partial charge in [-0.25, -0.2) is 0 Å². The number of ether oxygens (including phenoxy) is 1. The predicted molar refractivity (Wildman–Crippen MR) is 72.9 cm³/mol. The Kier molecular flexibility index (Phi) is 7.94. The molecule has 2 nitrogen and oxygen atoms in total. The first-order chi connectivity index (χ1) is 7.90. The van der Waals surface area contributed by atoms with Gasteiger partial charge in [0.2, 0.25) is 0 Å². The van der Waals surface area contributed by atoms with Gasteiger partial charge in [-0.05, 0) is 46.5 Å². The summed E-state index contributed by atoms with van der Waals surface area (Å²) in [5, 5.41) is 0. The summed E-state index contributed by atoms with van der Waals surface area (Å²) in [6.45, 7) is 9.99.